The SMILES string of the molecule is O=C(CS(=O)(=O)Cc1ccccc1)Nc1nnc(-c2ccccc2Cl)o1. The molecule has 2 aromatic carbocycles. The highest BCUT2D eigenvalue weighted by Crippen LogP contribution is 2.27. The van der Waals surface area contributed by atoms with Gasteiger partial charge >= 0.3 is 6.01 Å². The van der Waals surface area contributed by atoms with Gasteiger partial charge in [0.1, 0.15) is 5.75 Å². The Balaban J connectivity index is 1.64. The van der Waals surface area contributed by atoms with Crippen molar-refractivity contribution < 1.29 is 17.6 Å². The van der Waals surface area contributed by atoms with Crippen LogP contribution < -0.4 is 5.32 Å². The summed E-state index contributed by atoms with van der Waals surface area (Å²) in [6, 6.07) is 15.3. The molecule has 9 heteroatoms. The Bertz CT molecular complexity index is 1020. The van der Waals surface area contributed by atoms with Gasteiger partial charge in [0, 0.05) is 0 Å². The van der Waals surface area contributed by atoms with E-state index < -0.39 is 21.5 Å². The van der Waals surface area contributed by atoms with Crippen LogP contribution >= 0.6 is 11.6 Å². The summed E-state index contributed by atoms with van der Waals surface area (Å²) in [7, 11) is -3.63. The first-order valence-electron chi connectivity index (χ1n) is 7.55. The zero-order chi connectivity index (χ0) is 18.6. The van der Waals surface area contributed by atoms with Crippen LogP contribution in [0, 0.1) is 0 Å². The van der Waals surface area contributed by atoms with Crippen molar-refractivity contribution in [3.63, 3.8) is 0 Å². The topological polar surface area (TPSA) is 102 Å². The Labute approximate surface area is 154 Å². The Morgan fingerprint density at radius 1 is 1.04 bits per heavy atom. The molecule has 0 aliphatic heterocycles. The lowest BCUT2D eigenvalue weighted by atomic mass is 10.2. The highest BCUT2D eigenvalue weighted by molar-refractivity contribution is 7.91. The molecule has 0 fully saturated rings. The van der Waals surface area contributed by atoms with Gasteiger partial charge in [0.2, 0.25) is 5.91 Å². The number of sulfone groups is 1. The van der Waals surface area contributed by atoms with Gasteiger partial charge in [-0.3, -0.25) is 10.1 Å². The van der Waals surface area contributed by atoms with Crippen molar-refractivity contribution in [2.24, 2.45) is 0 Å². The number of hydrogen-bond donors (Lipinski definition) is 1. The van der Waals surface area contributed by atoms with Crippen LogP contribution in [0.4, 0.5) is 6.01 Å². The van der Waals surface area contributed by atoms with Crippen LogP contribution in [-0.4, -0.2) is 30.3 Å². The van der Waals surface area contributed by atoms with Gasteiger partial charge in [0.05, 0.1) is 16.3 Å². The first-order valence-corrected chi connectivity index (χ1v) is 9.75. The molecule has 7 nitrogen and oxygen atoms in total. The van der Waals surface area contributed by atoms with E-state index in [1.54, 1.807) is 54.6 Å². The van der Waals surface area contributed by atoms with E-state index in [1.807, 2.05) is 0 Å². The van der Waals surface area contributed by atoms with Gasteiger partial charge in [0.25, 0.3) is 5.89 Å². The highest BCUT2D eigenvalue weighted by Gasteiger charge is 2.20. The van der Waals surface area contributed by atoms with Gasteiger partial charge in [-0.1, -0.05) is 59.2 Å². The smallest absolute Gasteiger partial charge is 0.322 e. The lowest BCUT2D eigenvalue weighted by Gasteiger charge is -2.04. The largest absolute Gasteiger partial charge is 0.403 e. The molecule has 1 aromatic heterocycles. The van der Waals surface area contributed by atoms with Crippen LogP contribution in [-0.2, 0) is 20.4 Å². The molecule has 3 aromatic rings. The quantitative estimate of drug-likeness (QED) is 0.693. The average molecular weight is 392 g/mol. The summed E-state index contributed by atoms with van der Waals surface area (Å²) >= 11 is 6.04. The summed E-state index contributed by atoms with van der Waals surface area (Å²) in [4.78, 5) is 12.0. The average Bonchev–Trinajstić information content (AvgIpc) is 3.03. The normalized spacial score (nSPS) is 11.3. The first-order chi connectivity index (χ1) is 12.4. The van der Waals surface area contributed by atoms with Crippen LogP contribution in [0.1, 0.15) is 5.56 Å². The van der Waals surface area contributed by atoms with Gasteiger partial charge < -0.3 is 4.42 Å². The highest BCUT2D eigenvalue weighted by atomic mass is 35.5. The number of carbonyl (C=O) groups excluding carboxylic acids is 1. The van der Waals surface area contributed by atoms with Crippen molar-refractivity contribution in [2.75, 3.05) is 11.1 Å². The van der Waals surface area contributed by atoms with E-state index in [1.165, 1.54) is 0 Å². The minimum Gasteiger partial charge on any atom is -0.403 e. The summed E-state index contributed by atoms with van der Waals surface area (Å²) in [6.07, 6.45) is 0. The van der Waals surface area contributed by atoms with E-state index in [0.717, 1.165) is 0 Å². The number of anilines is 1. The lowest BCUT2D eigenvalue weighted by molar-refractivity contribution is -0.114. The van der Waals surface area contributed by atoms with Crippen molar-refractivity contribution in [1.82, 2.24) is 10.2 Å². The molecule has 1 N–H and O–H groups in total. The maximum Gasteiger partial charge on any atom is 0.322 e. The monoisotopic (exact) mass is 391 g/mol. The number of hydrogen-bond acceptors (Lipinski definition) is 6. The molecule has 0 saturated heterocycles. The minimum absolute atomic E-state index is 0.123. The molecule has 0 unspecified atom stereocenters. The van der Waals surface area contributed by atoms with E-state index >= 15 is 0 Å². The minimum atomic E-state index is -3.63. The van der Waals surface area contributed by atoms with Crippen LogP contribution in [0.25, 0.3) is 11.5 Å². The van der Waals surface area contributed by atoms with E-state index in [9.17, 15) is 13.2 Å². The number of rotatable bonds is 6. The molecule has 0 spiro atoms. The molecular formula is C17H14ClN3O4S. The Hall–Kier alpha value is -2.71. The van der Waals surface area contributed by atoms with E-state index in [-0.39, 0.29) is 17.7 Å². The number of nitrogens with zero attached hydrogens (tertiary/aromatic N) is 2. The van der Waals surface area contributed by atoms with Crippen LogP contribution in [0.2, 0.25) is 5.02 Å². The standard InChI is InChI=1S/C17H14ClN3O4S/c18-14-9-5-4-8-13(14)16-20-21-17(25-16)19-15(22)11-26(23,24)10-12-6-2-1-3-7-12/h1-9H,10-11H2,(H,19,21,22). The van der Waals surface area contributed by atoms with Crippen LogP contribution in [0.3, 0.4) is 0 Å². The molecule has 3 rings (SSSR count). The second kappa shape index (κ2) is 7.67. The molecule has 1 heterocycles. The maximum atomic E-state index is 12.1. The molecular weight excluding hydrogens is 378 g/mol. The third kappa shape index (κ3) is 4.68. The van der Waals surface area contributed by atoms with Crippen LogP contribution in [0.15, 0.2) is 59.0 Å². The number of amides is 1. The third-order valence-corrected chi connectivity index (χ3v) is 5.16. The van der Waals surface area contributed by atoms with Gasteiger partial charge in [-0.15, -0.1) is 5.10 Å². The fourth-order valence-corrected chi connectivity index (χ4v) is 3.74. The fraction of sp³-hybridized carbons (Fsp3) is 0.118. The third-order valence-electron chi connectivity index (χ3n) is 3.36. The molecule has 134 valence electrons. The summed E-state index contributed by atoms with van der Waals surface area (Å²) in [6.45, 7) is 0. The molecule has 0 bridgehead atoms. The first kappa shape index (κ1) is 18.1. The van der Waals surface area contributed by atoms with Gasteiger partial charge in [0.15, 0.2) is 9.84 Å². The van der Waals surface area contributed by atoms with Crippen molar-refractivity contribution in [3.8, 4) is 11.5 Å². The number of benzene rings is 2. The van der Waals surface area contributed by atoms with Crippen molar-refractivity contribution in [3.05, 3.63) is 65.2 Å². The van der Waals surface area contributed by atoms with E-state index in [4.69, 9.17) is 16.0 Å². The zero-order valence-corrected chi connectivity index (χ0v) is 15.0. The van der Waals surface area contributed by atoms with Gasteiger partial charge in [-0.2, -0.15) is 0 Å². The van der Waals surface area contributed by atoms with Crippen molar-refractivity contribution >= 4 is 33.4 Å². The van der Waals surface area contributed by atoms with Crippen molar-refractivity contribution in [1.29, 1.82) is 0 Å². The summed E-state index contributed by atoms with van der Waals surface area (Å²) in [5.41, 5.74) is 1.12. The van der Waals surface area contributed by atoms with E-state index in [2.05, 4.69) is 15.5 Å². The molecule has 26 heavy (non-hydrogen) atoms. The number of nitrogens with one attached hydrogen (secondary N) is 1. The zero-order valence-electron chi connectivity index (χ0n) is 13.4. The summed E-state index contributed by atoms with van der Waals surface area (Å²) in [5, 5.41) is 10.2. The second-order valence-electron chi connectivity index (χ2n) is 5.46. The van der Waals surface area contributed by atoms with Gasteiger partial charge in [-0.05, 0) is 17.7 Å². The number of aromatic nitrogens is 2. The number of halogens is 1. The Morgan fingerprint density at radius 3 is 2.46 bits per heavy atom. The summed E-state index contributed by atoms with van der Waals surface area (Å²) in [5.74, 6) is -1.55. The fourth-order valence-electron chi connectivity index (χ4n) is 2.25. The van der Waals surface area contributed by atoms with Crippen molar-refractivity contribution in [2.45, 2.75) is 5.75 Å². The van der Waals surface area contributed by atoms with Gasteiger partial charge in [-0.25, -0.2) is 8.42 Å². The lowest BCUT2D eigenvalue weighted by Crippen LogP contribution is -2.24. The maximum absolute atomic E-state index is 12.1. The van der Waals surface area contributed by atoms with Crippen LogP contribution in [0.5, 0.6) is 0 Å². The molecule has 1 amide bonds. The Kier molecular flexibility index (Phi) is 5.34. The Morgan fingerprint density at radius 2 is 1.73 bits per heavy atom. The molecule has 0 aliphatic rings. The predicted molar refractivity (Wildman–Crippen MR) is 97.3 cm³/mol. The second-order valence-corrected chi connectivity index (χ2v) is 7.93. The molecule has 0 aliphatic carbocycles. The van der Waals surface area contributed by atoms with E-state index in [0.29, 0.717) is 16.1 Å². The summed E-state index contributed by atoms with van der Waals surface area (Å²) < 4.78 is 29.6. The molecule has 0 atom stereocenters. The molecule has 0 radical (unpaired) electrons. The molecule has 0 saturated carbocycles. The predicted octanol–water partition coefficient (Wildman–Crippen LogP) is 2.94. The number of carbonyl (C=O) groups is 1.